The largest absolute Gasteiger partial charge is 0.497 e. The SMILES string of the molecule is CCNC(=NCc1ccc(OC)cc1OC)NCC(C)(C)NS(C)(=O)=O. The topological polar surface area (TPSA) is 101 Å². The average molecular weight is 387 g/mol. The Balaban J connectivity index is 2.83. The van der Waals surface area contributed by atoms with Crippen LogP contribution in [-0.4, -0.2) is 53.5 Å². The van der Waals surface area contributed by atoms with Crippen molar-refractivity contribution in [2.75, 3.05) is 33.6 Å². The van der Waals surface area contributed by atoms with Gasteiger partial charge >= 0.3 is 0 Å². The van der Waals surface area contributed by atoms with E-state index in [2.05, 4.69) is 20.3 Å². The minimum absolute atomic E-state index is 0.381. The molecule has 0 radical (unpaired) electrons. The molecule has 0 atom stereocenters. The lowest BCUT2D eigenvalue weighted by molar-refractivity contribution is 0.391. The summed E-state index contributed by atoms with van der Waals surface area (Å²) in [6, 6.07) is 5.57. The van der Waals surface area contributed by atoms with Gasteiger partial charge in [0.1, 0.15) is 11.5 Å². The minimum Gasteiger partial charge on any atom is -0.497 e. The van der Waals surface area contributed by atoms with E-state index in [9.17, 15) is 8.42 Å². The van der Waals surface area contributed by atoms with Crippen molar-refractivity contribution in [3.05, 3.63) is 23.8 Å². The molecule has 0 saturated heterocycles. The maximum absolute atomic E-state index is 11.4. The van der Waals surface area contributed by atoms with Gasteiger partial charge in [-0.3, -0.25) is 0 Å². The van der Waals surface area contributed by atoms with Crippen molar-refractivity contribution < 1.29 is 17.9 Å². The molecule has 0 aromatic heterocycles. The first kappa shape index (κ1) is 22.0. The van der Waals surface area contributed by atoms with E-state index in [1.807, 2.05) is 25.1 Å². The molecule has 0 spiro atoms. The number of sulfonamides is 1. The Bertz CT molecular complexity index is 717. The lowest BCUT2D eigenvalue weighted by atomic mass is 10.1. The third-order valence-electron chi connectivity index (χ3n) is 3.41. The number of nitrogens with zero attached hydrogens (tertiary/aromatic N) is 1. The van der Waals surface area contributed by atoms with Crippen LogP contribution in [0.1, 0.15) is 26.3 Å². The standard InChI is InChI=1S/C17H30N4O4S/c1-7-18-16(20-12-17(2,3)21-26(6,22)23)19-11-13-8-9-14(24-4)10-15(13)25-5/h8-10,21H,7,11-12H2,1-6H3,(H2,18,19,20). The van der Waals surface area contributed by atoms with Gasteiger partial charge in [-0.1, -0.05) is 0 Å². The molecule has 0 saturated carbocycles. The Labute approximate surface area is 156 Å². The van der Waals surface area contributed by atoms with Gasteiger partial charge in [0.2, 0.25) is 10.0 Å². The van der Waals surface area contributed by atoms with E-state index in [0.717, 1.165) is 11.8 Å². The lowest BCUT2D eigenvalue weighted by Crippen LogP contribution is -2.53. The van der Waals surface area contributed by atoms with Crippen molar-refractivity contribution in [3.8, 4) is 11.5 Å². The van der Waals surface area contributed by atoms with Crippen LogP contribution < -0.4 is 24.8 Å². The van der Waals surface area contributed by atoms with Crippen molar-refractivity contribution in [1.29, 1.82) is 0 Å². The van der Waals surface area contributed by atoms with Crippen LogP contribution in [0.15, 0.2) is 23.2 Å². The Morgan fingerprint density at radius 1 is 1.19 bits per heavy atom. The summed E-state index contributed by atoms with van der Waals surface area (Å²) in [5.41, 5.74) is 0.265. The normalized spacial score (nSPS) is 12.6. The number of methoxy groups -OCH3 is 2. The van der Waals surface area contributed by atoms with Crippen LogP contribution in [-0.2, 0) is 16.6 Å². The highest BCUT2D eigenvalue weighted by Crippen LogP contribution is 2.25. The molecule has 3 N–H and O–H groups in total. The van der Waals surface area contributed by atoms with Gasteiger partial charge in [-0.2, -0.15) is 0 Å². The van der Waals surface area contributed by atoms with Gasteiger partial charge in [-0.05, 0) is 32.9 Å². The fraction of sp³-hybridized carbons (Fsp3) is 0.588. The molecule has 0 aliphatic carbocycles. The fourth-order valence-electron chi connectivity index (χ4n) is 2.33. The molecule has 8 nitrogen and oxygen atoms in total. The molecule has 1 aromatic rings. The molecule has 26 heavy (non-hydrogen) atoms. The van der Waals surface area contributed by atoms with Crippen LogP contribution in [0.4, 0.5) is 0 Å². The molecule has 1 aromatic carbocycles. The summed E-state index contributed by atoms with van der Waals surface area (Å²) in [5, 5.41) is 6.30. The summed E-state index contributed by atoms with van der Waals surface area (Å²) in [5.74, 6) is 2.00. The second-order valence-corrected chi connectivity index (χ2v) is 8.23. The average Bonchev–Trinajstić information content (AvgIpc) is 2.55. The molecule has 0 fully saturated rings. The quantitative estimate of drug-likeness (QED) is 0.434. The van der Waals surface area contributed by atoms with E-state index in [1.54, 1.807) is 28.1 Å². The van der Waals surface area contributed by atoms with Crippen molar-refractivity contribution in [1.82, 2.24) is 15.4 Å². The molecule has 0 unspecified atom stereocenters. The first-order chi connectivity index (χ1) is 12.1. The number of rotatable bonds is 9. The number of ether oxygens (including phenoxy) is 2. The van der Waals surface area contributed by atoms with E-state index in [4.69, 9.17) is 9.47 Å². The number of nitrogens with one attached hydrogen (secondary N) is 3. The Morgan fingerprint density at radius 2 is 1.88 bits per heavy atom. The third-order valence-corrected chi connectivity index (χ3v) is 4.33. The van der Waals surface area contributed by atoms with Gasteiger partial charge < -0.3 is 20.1 Å². The zero-order chi connectivity index (χ0) is 19.8. The summed E-state index contributed by atoms with van der Waals surface area (Å²) in [7, 11) is -0.0863. The highest BCUT2D eigenvalue weighted by atomic mass is 32.2. The van der Waals surface area contributed by atoms with Gasteiger partial charge in [-0.15, -0.1) is 0 Å². The molecule has 0 bridgehead atoms. The second kappa shape index (κ2) is 9.63. The Morgan fingerprint density at radius 3 is 2.42 bits per heavy atom. The first-order valence-corrected chi connectivity index (χ1v) is 10.2. The van der Waals surface area contributed by atoms with E-state index in [0.29, 0.717) is 37.1 Å². The van der Waals surface area contributed by atoms with Gasteiger partial charge in [0.15, 0.2) is 5.96 Å². The molecular formula is C17H30N4O4S. The Hall–Kier alpha value is -2.00. The summed E-state index contributed by atoms with van der Waals surface area (Å²) in [6.45, 7) is 7.04. The van der Waals surface area contributed by atoms with Crippen molar-refractivity contribution >= 4 is 16.0 Å². The number of benzene rings is 1. The van der Waals surface area contributed by atoms with E-state index >= 15 is 0 Å². The van der Waals surface area contributed by atoms with Gasteiger partial charge in [-0.25, -0.2) is 18.1 Å². The molecule has 9 heteroatoms. The number of hydrogen-bond acceptors (Lipinski definition) is 5. The summed E-state index contributed by atoms with van der Waals surface area (Å²) < 4.78 is 36.1. The molecule has 0 amide bonds. The van der Waals surface area contributed by atoms with Crippen LogP contribution >= 0.6 is 0 Å². The summed E-state index contributed by atoms with van der Waals surface area (Å²) in [6.07, 6.45) is 1.14. The van der Waals surface area contributed by atoms with Crippen molar-refractivity contribution in [3.63, 3.8) is 0 Å². The first-order valence-electron chi connectivity index (χ1n) is 8.32. The molecule has 0 aliphatic heterocycles. The maximum atomic E-state index is 11.4. The highest BCUT2D eigenvalue weighted by molar-refractivity contribution is 7.88. The summed E-state index contributed by atoms with van der Waals surface area (Å²) in [4.78, 5) is 4.54. The van der Waals surface area contributed by atoms with Crippen molar-refractivity contribution in [2.24, 2.45) is 4.99 Å². The molecule has 0 aliphatic rings. The summed E-state index contributed by atoms with van der Waals surface area (Å²) >= 11 is 0. The van der Waals surface area contributed by atoms with Crippen LogP contribution in [0.5, 0.6) is 11.5 Å². The van der Waals surface area contributed by atoms with Crippen molar-refractivity contribution in [2.45, 2.75) is 32.9 Å². The maximum Gasteiger partial charge on any atom is 0.209 e. The van der Waals surface area contributed by atoms with Crippen LogP contribution in [0.2, 0.25) is 0 Å². The van der Waals surface area contributed by atoms with Crippen LogP contribution in [0.3, 0.4) is 0 Å². The molecular weight excluding hydrogens is 356 g/mol. The Kier molecular flexibility index (Phi) is 8.16. The van der Waals surface area contributed by atoms with E-state index < -0.39 is 15.6 Å². The highest BCUT2D eigenvalue weighted by Gasteiger charge is 2.22. The third kappa shape index (κ3) is 7.92. The second-order valence-electron chi connectivity index (χ2n) is 6.48. The number of guanidine groups is 1. The zero-order valence-electron chi connectivity index (χ0n) is 16.3. The number of aliphatic imine (C=N–C) groups is 1. The van der Waals surface area contributed by atoms with Gasteiger partial charge in [0.05, 0.1) is 27.0 Å². The molecule has 148 valence electrons. The predicted molar refractivity (Wildman–Crippen MR) is 104 cm³/mol. The lowest BCUT2D eigenvalue weighted by Gasteiger charge is -2.26. The number of hydrogen-bond donors (Lipinski definition) is 3. The van der Waals surface area contributed by atoms with Gasteiger partial charge in [0.25, 0.3) is 0 Å². The van der Waals surface area contributed by atoms with Crippen LogP contribution in [0, 0.1) is 0 Å². The van der Waals surface area contributed by atoms with E-state index in [1.165, 1.54) is 0 Å². The minimum atomic E-state index is -3.29. The predicted octanol–water partition coefficient (Wildman–Crippen LogP) is 1.09. The monoisotopic (exact) mass is 386 g/mol. The fourth-order valence-corrected chi connectivity index (χ4v) is 3.41. The molecule has 0 heterocycles. The van der Waals surface area contributed by atoms with Gasteiger partial charge in [0, 0.05) is 30.3 Å². The smallest absolute Gasteiger partial charge is 0.209 e. The van der Waals surface area contributed by atoms with Crippen LogP contribution in [0.25, 0.3) is 0 Å². The zero-order valence-corrected chi connectivity index (χ0v) is 17.2. The van der Waals surface area contributed by atoms with E-state index in [-0.39, 0.29) is 0 Å². The molecule has 1 rings (SSSR count).